The molecule has 0 bridgehead atoms. The second-order valence-corrected chi connectivity index (χ2v) is 9.93. The maximum absolute atomic E-state index is 13.5. The third-order valence-electron chi connectivity index (χ3n) is 5.55. The van der Waals surface area contributed by atoms with Crippen molar-refractivity contribution in [1.29, 1.82) is 5.26 Å². The van der Waals surface area contributed by atoms with Crippen molar-refractivity contribution in [2.24, 2.45) is 0 Å². The Morgan fingerprint density at radius 2 is 1.89 bits per heavy atom. The van der Waals surface area contributed by atoms with Crippen LogP contribution in [0.25, 0.3) is 0 Å². The second-order valence-electron chi connectivity index (χ2n) is 7.96. The van der Waals surface area contributed by atoms with Crippen LogP contribution in [-0.4, -0.2) is 24.7 Å². The fraction of sp³-hybridized carbons (Fsp3) is 0.148. The third-order valence-corrected chi connectivity index (χ3v) is 7.50. The van der Waals surface area contributed by atoms with Gasteiger partial charge >= 0.3 is 0 Å². The summed E-state index contributed by atoms with van der Waals surface area (Å²) in [6, 6.07) is 18.6. The zero-order chi connectivity index (χ0) is 26.4. The van der Waals surface area contributed by atoms with Gasteiger partial charge < -0.3 is 20.7 Å². The van der Waals surface area contributed by atoms with Crippen LogP contribution in [0.3, 0.4) is 0 Å². The molecule has 0 fully saturated rings. The van der Waals surface area contributed by atoms with Gasteiger partial charge in [0.25, 0.3) is 5.91 Å². The molecule has 37 heavy (non-hydrogen) atoms. The van der Waals surface area contributed by atoms with Crippen molar-refractivity contribution in [3.05, 3.63) is 98.6 Å². The Labute approximate surface area is 222 Å². The molecule has 0 unspecified atom stereocenters. The lowest BCUT2D eigenvalue weighted by Gasteiger charge is -2.29. The topological polar surface area (TPSA) is 103 Å². The number of rotatable bonds is 8. The number of para-hydroxylation sites is 2. The highest BCUT2D eigenvalue weighted by Gasteiger charge is 2.35. The number of ether oxygens (including phenoxy) is 1. The second kappa shape index (κ2) is 11.8. The molecule has 1 aliphatic heterocycles. The van der Waals surface area contributed by atoms with Crippen LogP contribution in [0.5, 0.6) is 5.75 Å². The number of methoxy groups -OCH3 is 1. The van der Waals surface area contributed by atoms with E-state index in [2.05, 4.69) is 22.0 Å². The van der Waals surface area contributed by atoms with Crippen LogP contribution in [0.15, 0.2) is 87.9 Å². The quantitative estimate of drug-likeness (QED) is 0.348. The summed E-state index contributed by atoms with van der Waals surface area (Å²) in [4.78, 5) is 26.9. The molecule has 2 amide bonds. The predicted octanol–water partition coefficient (Wildman–Crippen LogP) is 5.60. The van der Waals surface area contributed by atoms with Crippen molar-refractivity contribution in [3.8, 4) is 11.8 Å². The molecule has 0 radical (unpaired) electrons. The molecule has 10 heteroatoms. The van der Waals surface area contributed by atoms with Gasteiger partial charge in [-0.2, -0.15) is 5.26 Å². The monoisotopic (exact) mass is 534 g/mol. The first-order valence-electron chi connectivity index (χ1n) is 11.2. The minimum atomic E-state index is -0.608. The Kier molecular flexibility index (Phi) is 8.28. The summed E-state index contributed by atoms with van der Waals surface area (Å²) in [5.74, 6) is -1.14. The van der Waals surface area contributed by atoms with E-state index in [0.29, 0.717) is 39.0 Å². The number of thioether (sulfide) groups is 1. The number of benzene rings is 2. The van der Waals surface area contributed by atoms with Crippen LogP contribution in [0.2, 0.25) is 0 Å². The first kappa shape index (κ1) is 26.0. The van der Waals surface area contributed by atoms with Crippen molar-refractivity contribution >= 4 is 46.3 Å². The number of allylic oxidation sites excluding steroid dienone is 2. The predicted molar refractivity (Wildman–Crippen MR) is 145 cm³/mol. The van der Waals surface area contributed by atoms with Gasteiger partial charge in [-0.15, -0.1) is 11.3 Å². The Bertz CT molecular complexity index is 1410. The van der Waals surface area contributed by atoms with Gasteiger partial charge in [-0.3, -0.25) is 9.59 Å². The summed E-state index contributed by atoms with van der Waals surface area (Å²) in [6.07, 6.45) is 0. The zero-order valence-corrected chi connectivity index (χ0v) is 21.6. The zero-order valence-electron chi connectivity index (χ0n) is 20.0. The number of anilines is 2. The van der Waals surface area contributed by atoms with E-state index < -0.39 is 11.7 Å². The number of carbonyl (C=O) groups excluding carboxylic acids is 2. The summed E-state index contributed by atoms with van der Waals surface area (Å²) in [5, 5.41) is 21.3. The molecule has 4 rings (SSSR count). The van der Waals surface area contributed by atoms with Gasteiger partial charge in [-0.25, -0.2) is 4.39 Å². The molecular weight excluding hydrogens is 511 g/mol. The molecule has 2 heterocycles. The van der Waals surface area contributed by atoms with Crippen molar-refractivity contribution < 1.29 is 18.7 Å². The number of nitrogens with zero attached hydrogens (tertiary/aromatic N) is 1. The normalized spacial score (nSPS) is 15.0. The Balaban J connectivity index is 1.59. The summed E-state index contributed by atoms with van der Waals surface area (Å²) in [5.41, 5.74) is 2.32. The van der Waals surface area contributed by atoms with Crippen molar-refractivity contribution in [1.82, 2.24) is 5.32 Å². The molecule has 188 valence electrons. The van der Waals surface area contributed by atoms with Crippen LogP contribution < -0.4 is 20.7 Å². The van der Waals surface area contributed by atoms with Gasteiger partial charge in [0.05, 0.1) is 41.1 Å². The SMILES string of the molecule is COc1ccccc1NC(=O)C1=C(C)NC(SCC(=O)Nc2ccc(F)cc2)=C(C#N)[C@@H]1c1cccs1. The van der Waals surface area contributed by atoms with Crippen LogP contribution in [0, 0.1) is 17.1 Å². The Morgan fingerprint density at radius 3 is 2.57 bits per heavy atom. The van der Waals surface area contributed by atoms with E-state index in [4.69, 9.17) is 4.74 Å². The lowest BCUT2D eigenvalue weighted by molar-refractivity contribution is -0.114. The minimum Gasteiger partial charge on any atom is -0.495 e. The molecule has 3 aromatic rings. The molecule has 0 saturated heterocycles. The molecule has 1 atom stereocenters. The van der Waals surface area contributed by atoms with Gasteiger partial charge in [0.2, 0.25) is 5.91 Å². The first-order valence-corrected chi connectivity index (χ1v) is 13.1. The highest BCUT2D eigenvalue weighted by molar-refractivity contribution is 8.03. The van der Waals surface area contributed by atoms with Gasteiger partial charge in [-0.1, -0.05) is 30.0 Å². The number of amides is 2. The molecule has 2 aromatic carbocycles. The lowest BCUT2D eigenvalue weighted by Crippen LogP contribution is -2.31. The largest absolute Gasteiger partial charge is 0.495 e. The molecule has 0 spiro atoms. The Morgan fingerprint density at radius 1 is 1.14 bits per heavy atom. The molecule has 0 aliphatic carbocycles. The fourth-order valence-electron chi connectivity index (χ4n) is 3.87. The molecule has 1 aromatic heterocycles. The van der Waals surface area contributed by atoms with Gasteiger partial charge in [0.1, 0.15) is 11.6 Å². The number of halogens is 1. The van der Waals surface area contributed by atoms with Crippen LogP contribution in [-0.2, 0) is 9.59 Å². The van der Waals surface area contributed by atoms with E-state index in [1.54, 1.807) is 25.1 Å². The average Bonchev–Trinajstić information content (AvgIpc) is 3.43. The van der Waals surface area contributed by atoms with E-state index >= 15 is 0 Å². The number of hydrogen-bond acceptors (Lipinski definition) is 7. The van der Waals surface area contributed by atoms with Crippen molar-refractivity contribution in [3.63, 3.8) is 0 Å². The van der Waals surface area contributed by atoms with Crippen LogP contribution in [0.4, 0.5) is 15.8 Å². The summed E-state index contributed by atoms with van der Waals surface area (Å²) >= 11 is 2.61. The van der Waals surface area contributed by atoms with E-state index in [-0.39, 0.29) is 17.6 Å². The lowest BCUT2D eigenvalue weighted by atomic mass is 9.86. The number of thiophene rings is 1. The summed E-state index contributed by atoms with van der Waals surface area (Å²) in [7, 11) is 1.53. The number of hydrogen-bond donors (Lipinski definition) is 3. The van der Waals surface area contributed by atoms with Crippen LogP contribution in [0.1, 0.15) is 17.7 Å². The van der Waals surface area contributed by atoms with Crippen molar-refractivity contribution in [2.45, 2.75) is 12.8 Å². The van der Waals surface area contributed by atoms with E-state index in [1.165, 1.54) is 54.5 Å². The van der Waals surface area contributed by atoms with E-state index in [0.717, 1.165) is 4.88 Å². The summed E-state index contributed by atoms with van der Waals surface area (Å²) in [6.45, 7) is 1.77. The van der Waals surface area contributed by atoms with Gasteiger partial charge in [-0.05, 0) is 54.8 Å². The number of nitrogens with one attached hydrogen (secondary N) is 3. The first-order chi connectivity index (χ1) is 17.9. The molecule has 1 aliphatic rings. The fourth-order valence-corrected chi connectivity index (χ4v) is 5.61. The van der Waals surface area contributed by atoms with Crippen molar-refractivity contribution in [2.75, 3.05) is 23.5 Å². The Hall–Kier alpha value is -4.07. The average molecular weight is 535 g/mol. The third kappa shape index (κ3) is 6.02. The number of carbonyl (C=O) groups is 2. The maximum Gasteiger partial charge on any atom is 0.254 e. The molecule has 3 N–H and O–H groups in total. The highest BCUT2D eigenvalue weighted by atomic mass is 32.2. The molecular formula is C27H23FN4O3S2. The highest BCUT2D eigenvalue weighted by Crippen LogP contribution is 2.42. The van der Waals surface area contributed by atoms with Gasteiger partial charge in [0, 0.05) is 21.8 Å². The smallest absolute Gasteiger partial charge is 0.254 e. The minimum absolute atomic E-state index is 0.0120. The molecule has 0 saturated carbocycles. The molecule has 7 nitrogen and oxygen atoms in total. The van der Waals surface area contributed by atoms with E-state index in [9.17, 15) is 19.2 Å². The van der Waals surface area contributed by atoms with E-state index in [1.807, 2.05) is 23.6 Å². The number of dihydropyridines is 1. The number of nitriles is 1. The van der Waals surface area contributed by atoms with Crippen LogP contribution >= 0.6 is 23.1 Å². The van der Waals surface area contributed by atoms with Gasteiger partial charge in [0.15, 0.2) is 0 Å². The maximum atomic E-state index is 13.5. The summed E-state index contributed by atoms with van der Waals surface area (Å²) < 4.78 is 18.5. The standard InChI is InChI=1S/C27H23FN4O3S2/c1-16-24(26(34)32-20-6-3-4-7-21(20)35-2)25(22-8-5-13-36-22)19(14-29)27(30-16)37-15-23(33)31-18-11-9-17(28)10-12-18/h3-13,25,30H,15H2,1-2H3,(H,31,33)(H,32,34)/t25-/m1/s1.